The average Bonchev–Trinajstić information content (AvgIpc) is 2.46. The third-order valence-electron chi connectivity index (χ3n) is 1.55. The third kappa shape index (κ3) is 3.75. The van der Waals surface area contributed by atoms with Gasteiger partial charge in [-0.3, -0.25) is 4.79 Å². The first-order valence-corrected chi connectivity index (χ1v) is 7.01. The maximum atomic E-state index is 11.7. The van der Waals surface area contributed by atoms with Gasteiger partial charge in [-0.2, -0.15) is 11.3 Å². The van der Waals surface area contributed by atoms with E-state index in [0.717, 1.165) is 10.0 Å². The van der Waals surface area contributed by atoms with E-state index in [1.54, 1.807) is 23.1 Å². The fourth-order valence-electron chi connectivity index (χ4n) is 0.840. The van der Waals surface area contributed by atoms with Gasteiger partial charge in [0.2, 0.25) is 0 Å². The Hall–Kier alpha value is 0.200. The first kappa shape index (κ1) is 12.3. The Morgan fingerprint density at radius 1 is 1.50 bits per heavy atom. The van der Waals surface area contributed by atoms with Gasteiger partial charge >= 0.3 is 0 Å². The topological polar surface area (TPSA) is 17.1 Å². The minimum atomic E-state index is 0.151. The van der Waals surface area contributed by atoms with Crippen LogP contribution in [0.3, 0.4) is 0 Å². The fourth-order valence-corrected chi connectivity index (χ4v) is 3.08. The predicted octanol–water partition coefficient (Wildman–Crippen LogP) is 4.23. The predicted molar refractivity (Wildman–Crippen MR) is 68.6 cm³/mol. The van der Waals surface area contributed by atoms with Crippen molar-refractivity contribution in [1.29, 1.82) is 0 Å². The van der Waals surface area contributed by atoms with Gasteiger partial charge in [-0.15, -0.1) is 11.8 Å². The normalized spacial score (nSPS) is 11.7. The van der Waals surface area contributed by atoms with E-state index in [1.165, 1.54) is 0 Å². The van der Waals surface area contributed by atoms with Gasteiger partial charge in [-0.05, 0) is 15.9 Å². The number of thiophene rings is 1. The first-order valence-electron chi connectivity index (χ1n) is 4.29. The molecule has 0 bridgehead atoms. The van der Waals surface area contributed by atoms with Crippen LogP contribution in [0.1, 0.15) is 31.1 Å². The molecule has 4 heteroatoms. The zero-order chi connectivity index (χ0) is 10.8. The van der Waals surface area contributed by atoms with E-state index in [1.807, 2.05) is 10.8 Å². The minimum absolute atomic E-state index is 0.151. The van der Waals surface area contributed by atoms with Gasteiger partial charge in [0.05, 0.1) is 5.75 Å². The summed E-state index contributed by atoms with van der Waals surface area (Å²) in [5.41, 5.74) is 0.812. The standard InChI is InChI=1S/C10H13BrOS2/c1-10(2,3)14-6-9(12)7-4-13-5-8(7)11/h4-5H,6H2,1-3H3. The smallest absolute Gasteiger partial charge is 0.174 e. The maximum Gasteiger partial charge on any atom is 0.174 e. The summed E-state index contributed by atoms with van der Waals surface area (Å²) in [6.45, 7) is 6.36. The molecule has 0 atom stereocenters. The molecule has 1 nitrogen and oxygen atoms in total. The van der Waals surface area contributed by atoms with Crippen LogP contribution in [-0.2, 0) is 0 Å². The Kier molecular flexibility index (Phi) is 4.22. The van der Waals surface area contributed by atoms with E-state index in [9.17, 15) is 4.79 Å². The van der Waals surface area contributed by atoms with Crippen LogP contribution in [0, 0.1) is 0 Å². The fraction of sp³-hybridized carbons (Fsp3) is 0.500. The summed E-state index contributed by atoms with van der Waals surface area (Å²) in [6.07, 6.45) is 0. The molecule has 14 heavy (non-hydrogen) atoms. The Labute approximate surface area is 101 Å². The monoisotopic (exact) mass is 292 g/mol. The van der Waals surface area contributed by atoms with E-state index in [4.69, 9.17) is 0 Å². The van der Waals surface area contributed by atoms with Gasteiger partial charge in [-0.25, -0.2) is 0 Å². The lowest BCUT2D eigenvalue weighted by Crippen LogP contribution is -2.12. The first-order chi connectivity index (χ1) is 6.40. The quantitative estimate of drug-likeness (QED) is 0.776. The Morgan fingerprint density at radius 3 is 2.57 bits per heavy atom. The van der Waals surface area contributed by atoms with Crippen LogP contribution in [0.4, 0.5) is 0 Å². The molecule has 0 saturated heterocycles. The van der Waals surface area contributed by atoms with E-state index >= 15 is 0 Å². The Balaban J connectivity index is 2.56. The average molecular weight is 293 g/mol. The molecule has 0 fully saturated rings. The van der Waals surface area contributed by atoms with E-state index in [2.05, 4.69) is 36.7 Å². The molecule has 0 aliphatic carbocycles. The number of hydrogen-bond acceptors (Lipinski definition) is 3. The number of Topliss-reactive ketones (excluding diaryl/α,β-unsaturated/α-hetero) is 1. The number of thioether (sulfide) groups is 1. The van der Waals surface area contributed by atoms with Gasteiger partial charge in [0.1, 0.15) is 0 Å². The van der Waals surface area contributed by atoms with E-state index < -0.39 is 0 Å². The molecule has 0 spiro atoms. The van der Waals surface area contributed by atoms with E-state index in [0.29, 0.717) is 5.75 Å². The van der Waals surface area contributed by atoms with Crippen LogP contribution in [0.5, 0.6) is 0 Å². The largest absolute Gasteiger partial charge is 0.293 e. The highest BCUT2D eigenvalue weighted by Gasteiger charge is 2.16. The summed E-state index contributed by atoms with van der Waals surface area (Å²) in [5, 5.41) is 3.84. The van der Waals surface area contributed by atoms with Crippen molar-refractivity contribution in [3.63, 3.8) is 0 Å². The van der Waals surface area contributed by atoms with Gasteiger partial charge < -0.3 is 0 Å². The molecule has 78 valence electrons. The molecule has 0 saturated carbocycles. The highest BCUT2D eigenvalue weighted by Crippen LogP contribution is 2.27. The lowest BCUT2D eigenvalue weighted by molar-refractivity contribution is 0.102. The van der Waals surface area contributed by atoms with Crippen molar-refractivity contribution >= 4 is 44.8 Å². The highest BCUT2D eigenvalue weighted by atomic mass is 79.9. The van der Waals surface area contributed by atoms with Crippen molar-refractivity contribution in [2.75, 3.05) is 5.75 Å². The van der Waals surface area contributed by atoms with Crippen molar-refractivity contribution in [2.24, 2.45) is 0 Å². The molecule has 0 aromatic carbocycles. The van der Waals surface area contributed by atoms with Crippen LogP contribution in [0.2, 0.25) is 0 Å². The number of halogens is 1. The van der Waals surface area contributed by atoms with Crippen molar-refractivity contribution in [2.45, 2.75) is 25.5 Å². The molecular formula is C10H13BrOS2. The zero-order valence-corrected chi connectivity index (χ0v) is 11.7. The van der Waals surface area contributed by atoms with E-state index in [-0.39, 0.29) is 10.5 Å². The molecule has 1 aromatic rings. The number of ketones is 1. The van der Waals surface area contributed by atoms with Gasteiger partial charge in [-0.1, -0.05) is 20.8 Å². The number of carbonyl (C=O) groups is 1. The Morgan fingerprint density at radius 2 is 2.14 bits per heavy atom. The van der Waals surface area contributed by atoms with Crippen molar-refractivity contribution in [3.8, 4) is 0 Å². The lowest BCUT2D eigenvalue weighted by Gasteiger charge is -2.16. The van der Waals surface area contributed by atoms with Gasteiger partial charge in [0.15, 0.2) is 5.78 Å². The molecule has 0 aliphatic rings. The minimum Gasteiger partial charge on any atom is -0.293 e. The summed E-state index contributed by atoms with van der Waals surface area (Å²) in [7, 11) is 0. The molecule has 0 N–H and O–H groups in total. The van der Waals surface area contributed by atoms with Gasteiger partial charge in [0, 0.05) is 25.5 Å². The molecule has 0 unspecified atom stereocenters. The van der Waals surface area contributed by atoms with Crippen molar-refractivity contribution in [3.05, 3.63) is 20.8 Å². The summed E-state index contributed by atoms with van der Waals surface area (Å²) in [4.78, 5) is 11.7. The van der Waals surface area contributed by atoms with Crippen LogP contribution >= 0.6 is 39.0 Å². The molecule has 1 aromatic heterocycles. The number of hydrogen-bond donors (Lipinski definition) is 0. The lowest BCUT2D eigenvalue weighted by atomic mass is 10.2. The van der Waals surface area contributed by atoms with Crippen LogP contribution in [-0.4, -0.2) is 16.3 Å². The van der Waals surface area contributed by atoms with Crippen LogP contribution in [0.25, 0.3) is 0 Å². The highest BCUT2D eigenvalue weighted by molar-refractivity contribution is 9.10. The summed E-state index contributed by atoms with van der Waals surface area (Å²) in [5.74, 6) is 0.761. The second kappa shape index (κ2) is 4.81. The summed E-state index contributed by atoms with van der Waals surface area (Å²) >= 11 is 6.60. The van der Waals surface area contributed by atoms with Gasteiger partial charge in [0.25, 0.3) is 0 Å². The maximum absolute atomic E-state index is 11.7. The summed E-state index contributed by atoms with van der Waals surface area (Å²) < 4.78 is 1.07. The number of rotatable bonds is 3. The second-order valence-electron chi connectivity index (χ2n) is 3.96. The van der Waals surface area contributed by atoms with Crippen LogP contribution < -0.4 is 0 Å². The third-order valence-corrected chi connectivity index (χ3v) is 4.53. The SMILES string of the molecule is CC(C)(C)SCC(=O)c1cscc1Br. The molecular weight excluding hydrogens is 280 g/mol. The zero-order valence-electron chi connectivity index (χ0n) is 8.46. The molecule has 0 radical (unpaired) electrons. The summed E-state index contributed by atoms with van der Waals surface area (Å²) in [6, 6.07) is 0. The second-order valence-corrected chi connectivity index (χ2v) is 7.36. The molecule has 0 amide bonds. The van der Waals surface area contributed by atoms with Crippen LogP contribution in [0.15, 0.2) is 15.2 Å². The van der Waals surface area contributed by atoms with Crippen molar-refractivity contribution in [1.82, 2.24) is 0 Å². The Bertz CT molecular complexity index is 325. The molecule has 0 aliphatic heterocycles. The molecule has 1 rings (SSSR count). The van der Waals surface area contributed by atoms with Crippen molar-refractivity contribution < 1.29 is 4.79 Å². The molecule has 1 heterocycles. The number of carbonyl (C=O) groups excluding carboxylic acids is 1.